The molecule has 0 aliphatic carbocycles. The van der Waals surface area contributed by atoms with Crippen LogP contribution in [0.4, 0.5) is 5.69 Å². The minimum atomic E-state index is -0.442. The van der Waals surface area contributed by atoms with Crippen LogP contribution < -0.4 is 5.32 Å². The van der Waals surface area contributed by atoms with Gasteiger partial charge in [0.1, 0.15) is 11.6 Å². The molecule has 0 fully saturated rings. The quantitative estimate of drug-likeness (QED) is 0.677. The molecule has 1 aromatic heterocycles. The van der Waals surface area contributed by atoms with Crippen LogP contribution in [0.25, 0.3) is 6.08 Å². The molecule has 22 heavy (non-hydrogen) atoms. The highest BCUT2D eigenvalue weighted by Gasteiger charge is 2.10. The fourth-order valence-electron chi connectivity index (χ4n) is 1.88. The third-order valence-electron chi connectivity index (χ3n) is 3.11. The largest absolute Gasteiger partial charge is 0.351 e. The lowest BCUT2D eigenvalue weighted by atomic mass is 10.2. The maximum atomic E-state index is 12.1. The van der Waals surface area contributed by atoms with Gasteiger partial charge in [-0.3, -0.25) is 4.79 Å². The van der Waals surface area contributed by atoms with E-state index in [1.165, 1.54) is 0 Å². The predicted octanol–water partition coefficient (Wildman–Crippen LogP) is 4.27. The van der Waals surface area contributed by atoms with Crippen molar-refractivity contribution < 1.29 is 4.79 Å². The number of halogens is 1. The Morgan fingerprint density at radius 2 is 2.00 bits per heavy atom. The van der Waals surface area contributed by atoms with Gasteiger partial charge in [0.15, 0.2) is 0 Å². The maximum absolute atomic E-state index is 12.1. The van der Waals surface area contributed by atoms with Gasteiger partial charge in [0.2, 0.25) is 0 Å². The number of anilines is 1. The second kappa shape index (κ2) is 6.97. The molecular formula is C17H16ClN3O. The molecule has 2 rings (SSSR count). The Hall–Kier alpha value is -2.51. The summed E-state index contributed by atoms with van der Waals surface area (Å²) in [5.74, 6) is -0.442. The smallest absolute Gasteiger partial charge is 0.266 e. The van der Waals surface area contributed by atoms with Crippen molar-refractivity contribution >= 4 is 29.3 Å². The van der Waals surface area contributed by atoms with Gasteiger partial charge in [-0.1, -0.05) is 11.6 Å². The molecule has 2 aromatic rings. The number of benzene rings is 1. The fourth-order valence-corrected chi connectivity index (χ4v) is 2.01. The second-order valence-electron chi connectivity index (χ2n) is 5.12. The summed E-state index contributed by atoms with van der Waals surface area (Å²) in [6, 6.07) is 10.9. The summed E-state index contributed by atoms with van der Waals surface area (Å²) >= 11 is 5.79. The number of carbonyl (C=O) groups is 1. The zero-order valence-corrected chi connectivity index (χ0v) is 13.1. The minimum absolute atomic E-state index is 0.0523. The Bertz CT molecular complexity index is 736. The van der Waals surface area contributed by atoms with Crippen LogP contribution in [0, 0.1) is 11.3 Å². The monoisotopic (exact) mass is 313 g/mol. The SMILES string of the molecule is CC(C)n1ccc(/C=C(\C#N)C(=O)Nc2ccc(Cl)cc2)c1. The Kier molecular flexibility index (Phi) is 5.03. The van der Waals surface area contributed by atoms with Gasteiger partial charge < -0.3 is 9.88 Å². The van der Waals surface area contributed by atoms with Crippen molar-refractivity contribution in [2.24, 2.45) is 0 Å². The van der Waals surface area contributed by atoms with Crippen molar-refractivity contribution in [3.63, 3.8) is 0 Å². The van der Waals surface area contributed by atoms with Crippen LogP contribution in [0.3, 0.4) is 0 Å². The van der Waals surface area contributed by atoms with Gasteiger partial charge in [0.05, 0.1) is 0 Å². The molecule has 4 nitrogen and oxygen atoms in total. The molecule has 5 heteroatoms. The van der Waals surface area contributed by atoms with Gasteiger partial charge in [0, 0.05) is 29.1 Å². The Morgan fingerprint density at radius 1 is 1.32 bits per heavy atom. The molecule has 0 saturated carbocycles. The van der Waals surface area contributed by atoms with E-state index in [1.54, 1.807) is 30.3 Å². The van der Waals surface area contributed by atoms with Crippen LogP contribution in [0.15, 0.2) is 48.3 Å². The zero-order chi connectivity index (χ0) is 16.1. The van der Waals surface area contributed by atoms with E-state index in [4.69, 9.17) is 11.6 Å². The molecular weight excluding hydrogens is 298 g/mol. The van der Waals surface area contributed by atoms with Crippen LogP contribution in [0.2, 0.25) is 5.02 Å². The molecule has 0 aliphatic heterocycles. The van der Waals surface area contributed by atoms with Gasteiger partial charge >= 0.3 is 0 Å². The number of hydrogen-bond acceptors (Lipinski definition) is 2. The molecule has 0 bridgehead atoms. The van der Waals surface area contributed by atoms with Crippen molar-refractivity contribution in [3.05, 3.63) is 58.9 Å². The first kappa shape index (κ1) is 15.9. The molecule has 112 valence electrons. The van der Waals surface area contributed by atoms with Gasteiger partial charge in [-0.2, -0.15) is 5.26 Å². The lowest BCUT2D eigenvalue weighted by Crippen LogP contribution is -2.13. The summed E-state index contributed by atoms with van der Waals surface area (Å²) in [6.07, 6.45) is 5.39. The fraction of sp³-hybridized carbons (Fsp3) is 0.176. The number of nitrogens with one attached hydrogen (secondary N) is 1. The second-order valence-corrected chi connectivity index (χ2v) is 5.55. The van der Waals surface area contributed by atoms with Gasteiger partial charge in [-0.15, -0.1) is 0 Å². The third-order valence-corrected chi connectivity index (χ3v) is 3.36. The number of nitriles is 1. The predicted molar refractivity (Wildman–Crippen MR) is 88.5 cm³/mol. The number of aromatic nitrogens is 1. The molecule has 0 unspecified atom stereocenters. The molecule has 0 saturated heterocycles. The maximum Gasteiger partial charge on any atom is 0.266 e. The number of carbonyl (C=O) groups excluding carboxylic acids is 1. The molecule has 1 amide bonds. The van der Waals surface area contributed by atoms with E-state index in [0.717, 1.165) is 5.56 Å². The number of nitrogens with zero attached hydrogens (tertiary/aromatic N) is 2. The third kappa shape index (κ3) is 4.00. The summed E-state index contributed by atoms with van der Waals surface area (Å²) in [6.45, 7) is 4.12. The first-order valence-electron chi connectivity index (χ1n) is 6.86. The van der Waals surface area contributed by atoms with E-state index in [1.807, 2.05) is 29.1 Å². The van der Waals surface area contributed by atoms with Crippen molar-refractivity contribution in [3.8, 4) is 6.07 Å². The molecule has 0 atom stereocenters. The first-order valence-corrected chi connectivity index (χ1v) is 7.23. The normalized spacial score (nSPS) is 11.3. The topological polar surface area (TPSA) is 57.8 Å². The van der Waals surface area contributed by atoms with E-state index in [9.17, 15) is 10.1 Å². The Balaban J connectivity index is 2.16. The van der Waals surface area contributed by atoms with E-state index in [2.05, 4.69) is 19.2 Å². The molecule has 1 heterocycles. The standard InChI is InChI=1S/C17H16ClN3O/c1-12(2)21-8-7-13(11-21)9-14(10-19)17(22)20-16-5-3-15(18)4-6-16/h3-9,11-12H,1-2H3,(H,20,22)/b14-9+. The lowest BCUT2D eigenvalue weighted by Gasteiger charge is -2.05. The Labute approximate surface area is 134 Å². The number of hydrogen-bond donors (Lipinski definition) is 1. The van der Waals surface area contributed by atoms with Crippen LogP contribution in [0.1, 0.15) is 25.5 Å². The van der Waals surface area contributed by atoms with E-state index < -0.39 is 5.91 Å². The average molecular weight is 314 g/mol. The molecule has 1 aromatic carbocycles. The Morgan fingerprint density at radius 3 is 2.55 bits per heavy atom. The highest BCUT2D eigenvalue weighted by Crippen LogP contribution is 2.16. The average Bonchev–Trinajstić information content (AvgIpc) is 2.96. The molecule has 1 N–H and O–H groups in total. The van der Waals surface area contributed by atoms with Crippen LogP contribution >= 0.6 is 11.6 Å². The van der Waals surface area contributed by atoms with E-state index in [0.29, 0.717) is 16.8 Å². The number of amides is 1. The number of rotatable bonds is 4. The first-order chi connectivity index (χ1) is 10.5. The van der Waals surface area contributed by atoms with E-state index in [-0.39, 0.29) is 5.57 Å². The molecule has 0 aliphatic rings. The highest BCUT2D eigenvalue weighted by molar-refractivity contribution is 6.30. The summed E-state index contributed by atoms with van der Waals surface area (Å²) in [4.78, 5) is 12.1. The van der Waals surface area contributed by atoms with Crippen molar-refractivity contribution in [1.82, 2.24) is 4.57 Å². The van der Waals surface area contributed by atoms with E-state index >= 15 is 0 Å². The summed E-state index contributed by atoms with van der Waals surface area (Å²) in [5, 5.41) is 12.5. The highest BCUT2D eigenvalue weighted by atomic mass is 35.5. The molecule has 0 spiro atoms. The van der Waals surface area contributed by atoms with Crippen LogP contribution in [-0.2, 0) is 4.79 Å². The summed E-state index contributed by atoms with van der Waals surface area (Å²) < 4.78 is 2.01. The summed E-state index contributed by atoms with van der Waals surface area (Å²) in [7, 11) is 0. The lowest BCUT2D eigenvalue weighted by molar-refractivity contribution is -0.112. The van der Waals surface area contributed by atoms with Gasteiger partial charge in [0.25, 0.3) is 5.91 Å². The van der Waals surface area contributed by atoms with Crippen LogP contribution in [-0.4, -0.2) is 10.5 Å². The van der Waals surface area contributed by atoms with Gasteiger partial charge in [-0.05, 0) is 55.8 Å². The van der Waals surface area contributed by atoms with Crippen molar-refractivity contribution in [1.29, 1.82) is 5.26 Å². The minimum Gasteiger partial charge on any atom is -0.351 e. The molecule has 0 radical (unpaired) electrons. The summed E-state index contributed by atoms with van der Waals surface area (Å²) in [5.41, 5.74) is 1.46. The van der Waals surface area contributed by atoms with Crippen LogP contribution in [0.5, 0.6) is 0 Å². The zero-order valence-electron chi connectivity index (χ0n) is 12.4. The van der Waals surface area contributed by atoms with Crippen molar-refractivity contribution in [2.45, 2.75) is 19.9 Å². The van der Waals surface area contributed by atoms with Gasteiger partial charge in [-0.25, -0.2) is 0 Å². The van der Waals surface area contributed by atoms with Crippen molar-refractivity contribution in [2.75, 3.05) is 5.32 Å².